The minimum atomic E-state index is -4.13. The summed E-state index contributed by atoms with van der Waals surface area (Å²) >= 11 is 5.97. The van der Waals surface area contributed by atoms with Crippen molar-refractivity contribution in [3.8, 4) is 5.75 Å². The number of hydrogen-bond acceptors (Lipinski definition) is 8. The lowest BCUT2D eigenvalue weighted by Gasteiger charge is -2.35. The molecule has 11 nitrogen and oxygen atoms in total. The molecule has 2 N–H and O–H groups in total. The Labute approximate surface area is 293 Å². The molecule has 0 aromatic heterocycles. The molecule has 0 bridgehead atoms. The summed E-state index contributed by atoms with van der Waals surface area (Å²) in [5.41, 5.74) is 0.143. The van der Waals surface area contributed by atoms with E-state index < -0.39 is 49.8 Å². The van der Waals surface area contributed by atoms with Gasteiger partial charge in [0.1, 0.15) is 11.6 Å². The smallest absolute Gasteiger partial charge is 0.261 e. The fourth-order valence-corrected chi connectivity index (χ4v) is 7.77. The molecule has 4 rings (SSSR count). The van der Waals surface area contributed by atoms with E-state index in [1.165, 1.54) is 58.7 Å². The fraction of sp³-hybridized carbons (Fsp3) is 0.441. The number of carbonyl (C=O) groups excluding carboxylic acids is 1. The number of likely N-dealkylation sites (N-methyl/N-ethyl adjacent to an activating group) is 1. The Bertz CT molecular complexity index is 1790. The molecule has 0 saturated carbocycles. The number of aliphatic hydroxyl groups is 1. The molecule has 0 spiro atoms. The lowest BCUT2D eigenvalue weighted by Crippen LogP contribution is -2.48. The Morgan fingerprint density at radius 3 is 2.33 bits per heavy atom. The van der Waals surface area contributed by atoms with Crippen molar-refractivity contribution in [2.75, 3.05) is 38.1 Å². The molecule has 1 amide bonds. The molecule has 0 fully saturated rings. The van der Waals surface area contributed by atoms with Gasteiger partial charge in [-0.05, 0) is 99.8 Å². The summed E-state index contributed by atoms with van der Waals surface area (Å²) in [5, 5.41) is 10.6. The average molecular weight is 740 g/mol. The zero-order valence-electron chi connectivity index (χ0n) is 27.9. The third-order valence-corrected chi connectivity index (χ3v) is 11.9. The van der Waals surface area contributed by atoms with E-state index in [1.54, 1.807) is 6.92 Å². The van der Waals surface area contributed by atoms with Crippen LogP contribution in [0.5, 0.6) is 5.75 Å². The van der Waals surface area contributed by atoms with Gasteiger partial charge >= 0.3 is 0 Å². The van der Waals surface area contributed by atoms with Crippen LogP contribution in [0.4, 0.5) is 10.1 Å². The van der Waals surface area contributed by atoms with Crippen LogP contribution in [-0.2, 0) is 24.8 Å². The van der Waals surface area contributed by atoms with Crippen molar-refractivity contribution in [1.82, 2.24) is 9.21 Å². The summed E-state index contributed by atoms with van der Waals surface area (Å²) in [4.78, 5) is 15.7. The van der Waals surface area contributed by atoms with Crippen LogP contribution in [0.15, 0.2) is 76.5 Å². The molecule has 0 saturated heterocycles. The van der Waals surface area contributed by atoms with Crippen LogP contribution in [0.3, 0.4) is 0 Å². The van der Waals surface area contributed by atoms with Gasteiger partial charge in [0.05, 0.1) is 40.2 Å². The Morgan fingerprint density at radius 1 is 1.02 bits per heavy atom. The topological polar surface area (TPSA) is 143 Å². The normalized spacial score (nSPS) is 20.6. The zero-order valence-corrected chi connectivity index (χ0v) is 30.3. The molecule has 268 valence electrons. The Morgan fingerprint density at radius 2 is 1.67 bits per heavy atom. The lowest BCUT2D eigenvalue weighted by atomic mass is 10.0. The van der Waals surface area contributed by atoms with Gasteiger partial charge < -0.3 is 19.5 Å². The van der Waals surface area contributed by atoms with E-state index in [4.69, 9.17) is 21.1 Å². The number of nitrogens with one attached hydrogen (secondary N) is 1. The second-order valence-corrected chi connectivity index (χ2v) is 16.5. The summed E-state index contributed by atoms with van der Waals surface area (Å²) in [6, 6.07) is 13.9. The average Bonchev–Trinajstić information content (AvgIpc) is 3.06. The number of sulfonamides is 2. The SMILES string of the molecule is C[C@@H]1CCCCO[C@H](CN(C)S(=O)(=O)c2ccc(Cl)cc2)[C@@H](C)CN([C@@H](C)CO)C(=O)c2cc(NS(=O)(=O)c3ccc(F)cc3)ccc2O1. The minimum Gasteiger partial charge on any atom is -0.490 e. The van der Waals surface area contributed by atoms with Crippen molar-refractivity contribution in [2.24, 2.45) is 5.92 Å². The maximum absolute atomic E-state index is 14.3. The monoisotopic (exact) mass is 739 g/mol. The first-order valence-corrected chi connectivity index (χ1v) is 19.3. The molecule has 0 radical (unpaired) electrons. The number of hydrogen-bond donors (Lipinski definition) is 2. The van der Waals surface area contributed by atoms with Crippen molar-refractivity contribution in [3.05, 3.63) is 83.1 Å². The number of nitrogens with zero attached hydrogens (tertiary/aromatic N) is 2. The van der Waals surface area contributed by atoms with E-state index in [9.17, 15) is 31.1 Å². The lowest BCUT2D eigenvalue weighted by molar-refractivity contribution is -0.00833. The highest BCUT2D eigenvalue weighted by Crippen LogP contribution is 2.30. The second-order valence-electron chi connectivity index (χ2n) is 12.3. The molecular formula is C34H43ClFN3O8S2. The van der Waals surface area contributed by atoms with Crippen LogP contribution in [0.2, 0.25) is 5.02 Å². The van der Waals surface area contributed by atoms with E-state index in [2.05, 4.69) is 4.72 Å². The fourth-order valence-electron chi connectivity index (χ4n) is 5.41. The van der Waals surface area contributed by atoms with Gasteiger partial charge in [-0.1, -0.05) is 18.5 Å². The van der Waals surface area contributed by atoms with Crippen LogP contribution >= 0.6 is 11.6 Å². The Kier molecular flexibility index (Phi) is 13.1. The van der Waals surface area contributed by atoms with Crippen molar-refractivity contribution in [3.63, 3.8) is 0 Å². The van der Waals surface area contributed by atoms with Crippen molar-refractivity contribution < 1.29 is 40.6 Å². The first-order valence-electron chi connectivity index (χ1n) is 16.0. The largest absolute Gasteiger partial charge is 0.490 e. The predicted molar refractivity (Wildman–Crippen MR) is 185 cm³/mol. The molecule has 1 aliphatic heterocycles. The van der Waals surface area contributed by atoms with E-state index >= 15 is 0 Å². The number of carbonyl (C=O) groups is 1. The van der Waals surface area contributed by atoms with Crippen LogP contribution in [0.25, 0.3) is 0 Å². The molecule has 1 aliphatic rings. The number of rotatable bonds is 9. The van der Waals surface area contributed by atoms with Crippen molar-refractivity contribution in [1.29, 1.82) is 0 Å². The van der Waals surface area contributed by atoms with Crippen LogP contribution in [-0.4, -0.2) is 88.7 Å². The van der Waals surface area contributed by atoms with Gasteiger partial charge in [-0.2, -0.15) is 4.31 Å². The number of amides is 1. The summed E-state index contributed by atoms with van der Waals surface area (Å²) < 4.78 is 82.6. The number of benzene rings is 3. The molecule has 15 heteroatoms. The second kappa shape index (κ2) is 16.6. The predicted octanol–water partition coefficient (Wildman–Crippen LogP) is 5.40. The zero-order chi connectivity index (χ0) is 35.9. The third-order valence-electron chi connectivity index (χ3n) is 8.39. The van der Waals surface area contributed by atoms with Gasteiger partial charge in [0, 0.05) is 43.4 Å². The third kappa shape index (κ3) is 9.92. The van der Waals surface area contributed by atoms with E-state index in [1.807, 2.05) is 13.8 Å². The molecule has 0 unspecified atom stereocenters. The molecule has 1 heterocycles. The standard InChI is InChI=1S/C34H43ClFN3O8S2/c1-23-20-39(24(2)22-40)34(41)31-19-28(37-48(42,43)29-15-10-27(36)11-16-29)12-17-32(31)47-25(3)7-5-6-18-46-33(23)21-38(4)49(44,45)30-13-8-26(35)9-14-30/h8-17,19,23-25,33,37,40H,5-7,18,20-22H2,1-4H3/t23-,24-,25+,33+/m0/s1. The van der Waals surface area contributed by atoms with Gasteiger partial charge in [0.2, 0.25) is 10.0 Å². The first kappa shape index (κ1) is 38.5. The Balaban J connectivity index is 1.67. The number of anilines is 1. The summed E-state index contributed by atoms with van der Waals surface area (Å²) in [6.07, 6.45) is 1.09. The van der Waals surface area contributed by atoms with Crippen LogP contribution in [0, 0.1) is 11.7 Å². The maximum atomic E-state index is 14.3. The van der Waals surface area contributed by atoms with E-state index in [0.717, 1.165) is 30.7 Å². The minimum absolute atomic E-state index is 0.00687. The Hall–Kier alpha value is -3.27. The highest BCUT2D eigenvalue weighted by molar-refractivity contribution is 7.92. The van der Waals surface area contributed by atoms with Crippen LogP contribution < -0.4 is 9.46 Å². The summed E-state index contributed by atoms with van der Waals surface area (Å²) in [5.74, 6) is -1.29. The number of fused-ring (bicyclic) bond motifs is 1. The van der Waals surface area contributed by atoms with Gasteiger partial charge in [-0.3, -0.25) is 9.52 Å². The highest BCUT2D eigenvalue weighted by atomic mass is 35.5. The van der Waals surface area contributed by atoms with Crippen LogP contribution in [0.1, 0.15) is 50.4 Å². The molecule has 4 atom stereocenters. The number of halogens is 2. The molecular weight excluding hydrogens is 697 g/mol. The quantitative estimate of drug-likeness (QED) is 0.297. The van der Waals surface area contributed by atoms with Crippen molar-refractivity contribution >= 4 is 43.2 Å². The van der Waals surface area contributed by atoms with Gasteiger partial charge in [-0.25, -0.2) is 21.2 Å². The summed E-state index contributed by atoms with van der Waals surface area (Å²) in [6.45, 7) is 5.42. The first-order chi connectivity index (χ1) is 23.1. The molecule has 0 aliphatic carbocycles. The molecule has 3 aromatic carbocycles. The molecule has 49 heavy (non-hydrogen) atoms. The van der Waals surface area contributed by atoms with Crippen molar-refractivity contribution in [2.45, 2.75) is 68.1 Å². The highest BCUT2D eigenvalue weighted by Gasteiger charge is 2.32. The number of ether oxygens (including phenoxy) is 2. The van der Waals surface area contributed by atoms with Gasteiger partial charge in [-0.15, -0.1) is 0 Å². The molecule has 3 aromatic rings. The summed E-state index contributed by atoms with van der Waals surface area (Å²) in [7, 11) is -6.55. The maximum Gasteiger partial charge on any atom is 0.261 e. The van der Waals surface area contributed by atoms with Gasteiger partial charge in [0.15, 0.2) is 0 Å². The van der Waals surface area contributed by atoms with E-state index in [0.29, 0.717) is 24.5 Å². The number of aliphatic hydroxyl groups excluding tert-OH is 1. The van der Waals surface area contributed by atoms with E-state index in [-0.39, 0.29) is 52.6 Å². The van der Waals surface area contributed by atoms with Gasteiger partial charge in [0.25, 0.3) is 15.9 Å².